The van der Waals surface area contributed by atoms with Crippen molar-refractivity contribution < 1.29 is 33.6 Å². The molecule has 1 saturated heterocycles. The lowest BCUT2D eigenvalue weighted by Gasteiger charge is -2.38. The first-order valence-corrected chi connectivity index (χ1v) is 7.75. The Bertz CT molecular complexity index is 545. The molecule has 0 spiro atoms. The van der Waals surface area contributed by atoms with Gasteiger partial charge in [-0.25, -0.2) is 0 Å². The minimum Gasteiger partial charge on any atom is -0.463 e. The van der Waals surface area contributed by atoms with Gasteiger partial charge in [0.25, 0.3) is 0 Å². The minimum absolute atomic E-state index is 0.129. The predicted molar refractivity (Wildman–Crippen MR) is 82.7 cm³/mol. The summed E-state index contributed by atoms with van der Waals surface area (Å²) < 4.78 is 21.4. The smallest absolute Gasteiger partial charge is 0.303 e. The molecule has 0 unspecified atom stereocenters. The van der Waals surface area contributed by atoms with Crippen LogP contribution in [0, 0.1) is 0 Å². The van der Waals surface area contributed by atoms with E-state index in [-0.39, 0.29) is 13.0 Å². The Morgan fingerprint density at radius 2 is 1.92 bits per heavy atom. The maximum absolute atomic E-state index is 11.4. The van der Waals surface area contributed by atoms with E-state index in [0.29, 0.717) is 6.61 Å². The van der Waals surface area contributed by atoms with Crippen molar-refractivity contribution in [3.8, 4) is 0 Å². The molecule has 1 heterocycles. The first-order valence-electron chi connectivity index (χ1n) is 7.75. The van der Waals surface area contributed by atoms with E-state index in [2.05, 4.69) is 0 Å². The van der Waals surface area contributed by atoms with Crippen LogP contribution in [-0.2, 0) is 35.1 Å². The van der Waals surface area contributed by atoms with Crippen molar-refractivity contribution in [2.24, 2.45) is 0 Å². The molecule has 24 heavy (non-hydrogen) atoms. The third-order valence-corrected chi connectivity index (χ3v) is 3.56. The fraction of sp³-hybridized carbons (Fsp3) is 0.529. The van der Waals surface area contributed by atoms with Gasteiger partial charge in [0.15, 0.2) is 12.4 Å². The Labute approximate surface area is 140 Å². The van der Waals surface area contributed by atoms with Crippen LogP contribution in [0.2, 0.25) is 0 Å². The van der Waals surface area contributed by atoms with Crippen molar-refractivity contribution in [2.45, 2.75) is 51.5 Å². The quantitative estimate of drug-likeness (QED) is 0.779. The Balaban J connectivity index is 2.05. The number of rotatable bonds is 6. The number of hydrogen-bond acceptors (Lipinski definition) is 7. The number of ether oxygens (including phenoxy) is 4. The molecule has 7 heteroatoms. The molecule has 1 aromatic rings. The molecule has 2 rings (SSSR count). The summed E-state index contributed by atoms with van der Waals surface area (Å²) in [7, 11) is 0. The lowest BCUT2D eigenvalue weighted by Crippen LogP contribution is -2.53. The van der Waals surface area contributed by atoms with E-state index < -0.39 is 36.5 Å². The van der Waals surface area contributed by atoms with Crippen molar-refractivity contribution in [1.29, 1.82) is 0 Å². The molecule has 0 aliphatic carbocycles. The number of aliphatic hydroxyl groups is 1. The number of benzene rings is 1. The van der Waals surface area contributed by atoms with Crippen LogP contribution in [0.15, 0.2) is 30.3 Å². The molecule has 1 aliphatic rings. The van der Waals surface area contributed by atoms with Gasteiger partial charge in [-0.1, -0.05) is 30.3 Å². The van der Waals surface area contributed by atoms with E-state index in [1.54, 1.807) is 0 Å². The first-order chi connectivity index (χ1) is 11.5. The van der Waals surface area contributed by atoms with Gasteiger partial charge >= 0.3 is 11.9 Å². The summed E-state index contributed by atoms with van der Waals surface area (Å²) >= 11 is 0. The second kappa shape index (κ2) is 8.77. The maximum atomic E-state index is 11.4. The maximum Gasteiger partial charge on any atom is 0.303 e. The van der Waals surface area contributed by atoms with Crippen LogP contribution in [0.5, 0.6) is 0 Å². The van der Waals surface area contributed by atoms with Crippen molar-refractivity contribution in [1.82, 2.24) is 0 Å². The highest BCUT2D eigenvalue weighted by atomic mass is 16.7. The van der Waals surface area contributed by atoms with E-state index in [0.717, 1.165) is 5.56 Å². The third-order valence-electron chi connectivity index (χ3n) is 3.56. The fourth-order valence-corrected chi connectivity index (χ4v) is 2.52. The molecule has 1 N–H and O–H groups in total. The zero-order chi connectivity index (χ0) is 17.5. The van der Waals surface area contributed by atoms with E-state index in [1.807, 2.05) is 30.3 Å². The number of carbonyl (C=O) groups is 2. The Kier molecular flexibility index (Phi) is 6.72. The molecule has 132 valence electrons. The van der Waals surface area contributed by atoms with Gasteiger partial charge < -0.3 is 24.1 Å². The predicted octanol–water partition coefficient (Wildman–Crippen LogP) is 1.17. The topological polar surface area (TPSA) is 91.3 Å². The normalized spacial score (nSPS) is 26.6. The average Bonchev–Trinajstić information content (AvgIpc) is 2.53. The van der Waals surface area contributed by atoms with Gasteiger partial charge in [0.05, 0.1) is 6.61 Å². The molecular weight excluding hydrogens is 316 g/mol. The number of esters is 2. The lowest BCUT2D eigenvalue weighted by molar-refractivity contribution is -0.257. The van der Waals surface area contributed by atoms with Crippen LogP contribution in [0.1, 0.15) is 25.8 Å². The van der Waals surface area contributed by atoms with Crippen molar-refractivity contribution >= 4 is 11.9 Å². The van der Waals surface area contributed by atoms with Gasteiger partial charge in [-0.2, -0.15) is 0 Å². The highest BCUT2D eigenvalue weighted by Crippen LogP contribution is 2.26. The van der Waals surface area contributed by atoms with Gasteiger partial charge in [0.1, 0.15) is 18.8 Å². The van der Waals surface area contributed by atoms with Crippen molar-refractivity contribution in [3.63, 3.8) is 0 Å². The number of aliphatic hydroxyl groups excluding tert-OH is 1. The van der Waals surface area contributed by atoms with Gasteiger partial charge in [0.2, 0.25) is 0 Å². The van der Waals surface area contributed by atoms with E-state index >= 15 is 0 Å². The largest absolute Gasteiger partial charge is 0.463 e. The van der Waals surface area contributed by atoms with Crippen LogP contribution in [0.4, 0.5) is 0 Å². The van der Waals surface area contributed by atoms with Gasteiger partial charge in [-0.15, -0.1) is 0 Å². The Morgan fingerprint density at radius 3 is 2.54 bits per heavy atom. The standard InChI is InChI=1S/C17H22O7/c1-11(18)21-10-15-17(23-12(2)19)14(8-16(20)24-15)22-9-13-6-4-3-5-7-13/h3-7,14-17,20H,8-10H2,1-2H3/t14-,15+,16-,17+/m0/s1. The number of hydrogen-bond donors (Lipinski definition) is 1. The van der Waals surface area contributed by atoms with Crippen LogP contribution < -0.4 is 0 Å². The molecule has 0 saturated carbocycles. The molecule has 1 fully saturated rings. The molecule has 1 aliphatic heterocycles. The summed E-state index contributed by atoms with van der Waals surface area (Å²) in [6.07, 6.45) is -3.06. The van der Waals surface area contributed by atoms with Gasteiger partial charge in [-0.05, 0) is 5.56 Å². The second-order valence-corrected chi connectivity index (χ2v) is 5.58. The van der Waals surface area contributed by atoms with Crippen molar-refractivity contribution in [3.05, 3.63) is 35.9 Å². The summed E-state index contributed by atoms with van der Waals surface area (Å²) in [5.41, 5.74) is 0.955. The lowest BCUT2D eigenvalue weighted by atomic mass is 10.0. The zero-order valence-electron chi connectivity index (χ0n) is 13.7. The minimum atomic E-state index is -1.09. The van der Waals surface area contributed by atoms with Crippen molar-refractivity contribution in [2.75, 3.05) is 6.61 Å². The number of carbonyl (C=O) groups excluding carboxylic acids is 2. The molecule has 0 amide bonds. The molecule has 7 nitrogen and oxygen atoms in total. The monoisotopic (exact) mass is 338 g/mol. The molecule has 0 radical (unpaired) electrons. The van der Waals surface area contributed by atoms with E-state index in [4.69, 9.17) is 18.9 Å². The summed E-state index contributed by atoms with van der Waals surface area (Å²) in [6.45, 7) is 2.72. The highest BCUT2D eigenvalue weighted by molar-refractivity contribution is 5.66. The Morgan fingerprint density at radius 1 is 1.21 bits per heavy atom. The van der Waals surface area contributed by atoms with Crippen LogP contribution in [0.3, 0.4) is 0 Å². The second-order valence-electron chi connectivity index (χ2n) is 5.58. The van der Waals surface area contributed by atoms with Crippen LogP contribution in [0.25, 0.3) is 0 Å². The van der Waals surface area contributed by atoms with Crippen LogP contribution in [-0.4, -0.2) is 48.3 Å². The third kappa shape index (κ3) is 5.59. The van der Waals surface area contributed by atoms with Gasteiger partial charge in [-0.3, -0.25) is 9.59 Å². The Hall–Kier alpha value is -1.96. The highest BCUT2D eigenvalue weighted by Gasteiger charge is 2.41. The van der Waals surface area contributed by atoms with E-state index in [9.17, 15) is 14.7 Å². The summed E-state index contributed by atoms with van der Waals surface area (Å²) in [4.78, 5) is 22.4. The summed E-state index contributed by atoms with van der Waals surface area (Å²) in [5.74, 6) is -0.983. The SMILES string of the molecule is CC(=O)OC[C@H]1O[C@H](O)C[C@H](OCc2ccccc2)[C@H]1OC(C)=O. The average molecular weight is 338 g/mol. The van der Waals surface area contributed by atoms with E-state index in [1.165, 1.54) is 13.8 Å². The summed E-state index contributed by atoms with van der Waals surface area (Å²) in [6, 6.07) is 9.51. The van der Waals surface area contributed by atoms with Crippen LogP contribution >= 0.6 is 0 Å². The molecule has 0 aromatic heterocycles. The molecule has 1 aromatic carbocycles. The molecule has 0 bridgehead atoms. The fourth-order valence-electron chi connectivity index (χ4n) is 2.52. The molecular formula is C17H22O7. The summed E-state index contributed by atoms with van der Waals surface area (Å²) in [5, 5.41) is 9.88. The zero-order valence-corrected chi connectivity index (χ0v) is 13.7. The first kappa shape index (κ1) is 18.4. The van der Waals surface area contributed by atoms with Gasteiger partial charge in [0, 0.05) is 20.3 Å². The molecule has 4 atom stereocenters.